The van der Waals surface area contributed by atoms with Gasteiger partial charge in [-0.3, -0.25) is 0 Å². The Labute approximate surface area is 195 Å². The van der Waals surface area contributed by atoms with Crippen LogP contribution in [0.5, 0.6) is 5.75 Å². The van der Waals surface area contributed by atoms with E-state index >= 15 is 0 Å². The van der Waals surface area contributed by atoms with Gasteiger partial charge in [-0.2, -0.15) is 0 Å². The summed E-state index contributed by atoms with van der Waals surface area (Å²) >= 11 is 3.71. The molecule has 31 heavy (non-hydrogen) atoms. The molecule has 0 saturated carbocycles. The van der Waals surface area contributed by atoms with Crippen LogP contribution in [0.3, 0.4) is 0 Å². The highest BCUT2D eigenvalue weighted by molar-refractivity contribution is 9.10. The molecule has 6 nitrogen and oxygen atoms in total. The Morgan fingerprint density at radius 3 is 2.61 bits per heavy atom. The van der Waals surface area contributed by atoms with E-state index in [1.165, 1.54) is 56.0 Å². The molecule has 0 bridgehead atoms. The van der Waals surface area contributed by atoms with Crippen molar-refractivity contribution < 1.29 is 19.0 Å². The van der Waals surface area contributed by atoms with Gasteiger partial charge in [0.2, 0.25) is 0 Å². The predicted octanol–water partition coefficient (Wildman–Crippen LogP) is 4.60. The molecule has 2 aliphatic rings. The fraction of sp³-hybridized carbons (Fsp3) is 0.708. The first kappa shape index (κ1) is 24.3. The van der Waals surface area contributed by atoms with Crippen molar-refractivity contribution in [3.8, 4) is 5.75 Å². The molecule has 174 valence electrons. The van der Waals surface area contributed by atoms with Crippen molar-refractivity contribution in [2.75, 3.05) is 60.2 Å². The number of rotatable bonds is 10. The Morgan fingerprint density at radius 2 is 1.87 bits per heavy atom. The summed E-state index contributed by atoms with van der Waals surface area (Å²) in [6, 6.07) is 6.28. The van der Waals surface area contributed by atoms with Crippen LogP contribution in [-0.2, 0) is 15.9 Å². The molecule has 0 spiro atoms. The Bertz CT molecular complexity index is 694. The topological polar surface area (TPSA) is 51.2 Å². The third kappa shape index (κ3) is 7.65. The second kappa shape index (κ2) is 12.7. The van der Waals surface area contributed by atoms with Crippen LogP contribution < -0.4 is 4.74 Å². The van der Waals surface area contributed by atoms with E-state index in [1.54, 1.807) is 7.11 Å². The summed E-state index contributed by atoms with van der Waals surface area (Å²) in [4.78, 5) is 16.1. The molecule has 0 N–H and O–H groups in total. The molecule has 2 fully saturated rings. The van der Waals surface area contributed by atoms with Gasteiger partial charge in [-0.15, -0.1) is 0 Å². The van der Waals surface area contributed by atoms with E-state index in [0.717, 1.165) is 44.0 Å². The summed E-state index contributed by atoms with van der Waals surface area (Å²) < 4.78 is 16.8. The van der Waals surface area contributed by atoms with Gasteiger partial charge in [0.05, 0.1) is 13.7 Å². The first-order valence-corrected chi connectivity index (χ1v) is 12.3. The summed E-state index contributed by atoms with van der Waals surface area (Å²) in [5, 5.41) is 0. The highest BCUT2D eigenvalue weighted by atomic mass is 79.9. The number of nitrogens with zero attached hydrogens (tertiary/aromatic N) is 2. The Morgan fingerprint density at radius 1 is 1.10 bits per heavy atom. The Kier molecular flexibility index (Phi) is 9.94. The van der Waals surface area contributed by atoms with Crippen molar-refractivity contribution in [1.82, 2.24) is 9.80 Å². The molecule has 7 heteroatoms. The Hall–Kier alpha value is -1.31. The highest BCUT2D eigenvalue weighted by Gasteiger charge is 2.25. The zero-order chi connectivity index (χ0) is 22.1. The van der Waals surface area contributed by atoms with Crippen LogP contribution in [0.4, 0.5) is 4.79 Å². The van der Waals surface area contributed by atoms with Crippen molar-refractivity contribution in [3.63, 3.8) is 0 Å². The number of likely N-dealkylation sites (tertiary alicyclic amines) is 2. The number of ether oxygens (including phenoxy) is 3. The van der Waals surface area contributed by atoms with E-state index < -0.39 is 0 Å². The fourth-order valence-electron chi connectivity index (χ4n) is 4.77. The molecule has 1 atom stereocenters. The van der Waals surface area contributed by atoms with Crippen LogP contribution in [0.2, 0.25) is 0 Å². The van der Waals surface area contributed by atoms with Crippen LogP contribution >= 0.6 is 15.9 Å². The van der Waals surface area contributed by atoms with E-state index in [9.17, 15) is 4.79 Å². The molecule has 1 unspecified atom stereocenters. The van der Waals surface area contributed by atoms with E-state index in [-0.39, 0.29) is 6.09 Å². The average Bonchev–Trinajstić information content (AvgIpc) is 3.23. The number of carbonyl (C=O) groups excluding carboxylic acids is 1. The number of piperidine rings is 1. The van der Waals surface area contributed by atoms with E-state index in [0.29, 0.717) is 19.1 Å². The summed E-state index contributed by atoms with van der Waals surface area (Å²) in [5.74, 6) is 2.37. The van der Waals surface area contributed by atoms with E-state index in [2.05, 4.69) is 33.0 Å². The standard InChI is InChI=1S/C24H37BrN2O4/c1-29-14-15-31-22-5-6-23(25)21(17-22)16-20-7-11-26(18-20)10-3-4-19-8-12-27(13-9-19)24(28)30-2/h5-6,17,19-20H,3-4,7-16,18H2,1-2H3. The maximum Gasteiger partial charge on any atom is 0.409 e. The van der Waals surface area contributed by atoms with Crippen LogP contribution in [-0.4, -0.2) is 76.1 Å². The molecule has 2 saturated heterocycles. The quantitative estimate of drug-likeness (QED) is 0.443. The highest BCUT2D eigenvalue weighted by Crippen LogP contribution is 2.29. The molecular formula is C24H37BrN2O4. The fourth-order valence-corrected chi connectivity index (χ4v) is 5.18. The number of amides is 1. The van der Waals surface area contributed by atoms with Gasteiger partial charge in [0.25, 0.3) is 0 Å². The molecule has 1 amide bonds. The second-order valence-electron chi connectivity index (χ2n) is 8.80. The number of methoxy groups -OCH3 is 2. The van der Waals surface area contributed by atoms with Gasteiger partial charge >= 0.3 is 6.09 Å². The summed E-state index contributed by atoms with van der Waals surface area (Å²) in [6.45, 7) is 6.44. The van der Waals surface area contributed by atoms with E-state index in [4.69, 9.17) is 14.2 Å². The zero-order valence-corrected chi connectivity index (χ0v) is 20.6. The molecule has 2 heterocycles. The number of benzene rings is 1. The lowest BCUT2D eigenvalue weighted by Crippen LogP contribution is -2.38. The summed E-state index contributed by atoms with van der Waals surface area (Å²) in [6.07, 6.45) is 6.90. The second-order valence-corrected chi connectivity index (χ2v) is 9.65. The van der Waals surface area contributed by atoms with Gasteiger partial charge in [-0.05, 0) is 87.2 Å². The van der Waals surface area contributed by atoms with Gasteiger partial charge in [0.15, 0.2) is 0 Å². The minimum atomic E-state index is -0.180. The maximum absolute atomic E-state index is 11.6. The largest absolute Gasteiger partial charge is 0.491 e. The lowest BCUT2D eigenvalue weighted by molar-refractivity contribution is 0.104. The summed E-state index contributed by atoms with van der Waals surface area (Å²) in [5.41, 5.74) is 1.33. The van der Waals surface area contributed by atoms with Crippen molar-refractivity contribution >= 4 is 22.0 Å². The first-order valence-electron chi connectivity index (χ1n) is 11.5. The van der Waals surface area contributed by atoms with Crippen molar-refractivity contribution in [2.45, 2.75) is 38.5 Å². The van der Waals surface area contributed by atoms with Gasteiger partial charge in [-0.25, -0.2) is 4.79 Å². The molecule has 0 aliphatic carbocycles. The molecule has 0 aromatic heterocycles. The van der Waals surface area contributed by atoms with Gasteiger partial charge < -0.3 is 24.0 Å². The van der Waals surface area contributed by atoms with E-state index in [1.807, 2.05) is 11.0 Å². The molecule has 1 aromatic carbocycles. The monoisotopic (exact) mass is 496 g/mol. The van der Waals surface area contributed by atoms with Gasteiger partial charge in [0, 0.05) is 31.2 Å². The third-order valence-electron chi connectivity index (χ3n) is 6.59. The van der Waals surface area contributed by atoms with Crippen molar-refractivity contribution in [3.05, 3.63) is 28.2 Å². The molecule has 1 aromatic rings. The smallest absolute Gasteiger partial charge is 0.409 e. The van der Waals surface area contributed by atoms with Crippen molar-refractivity contribution in [2.24, 2.45) is 11.8 Å². The molecular weight excluding hydrogens is 460 g/mol. The SMILES string of the molecule is COCCOc1ccc(Br)c(CC2CCN(CCCC3CCN(C(=O)OC)CC3)C2)c1. The lowest BCUT2D eigenvalue weighted by Gasteiger charge is -2.31. The zero-order valence-electron chi connectivity index (χ0n) is 19.0. The van der Waals surface area contributed by atoms with Gasteiger partial charge in [0.1, 0.15) is 12.4 Å². The first-order chi connectivity index (χ1) is 15.1. The number of hydrogen-bond donors (Lipinski definition) is 0. The van der Waals surface area contributed by atoms with Crippen LogP contribution in [0.25, 0.3) is 0 Å². The lowest BCUT2D eigenvalue weighted by atomic mass is 9.92. The molecule has 2 aliphatic heterocycles. The molecule has 0 radical (unpaired) electrons. The third-order valence-corrected chi connectivity index (χ3v) is 7.36. The minimum Gasteiger partial charge on any atom is -0.491 e. The maximum atomic E-state index is 11.6. The summed E-state index contributed by atoms with van der Waals surface area (Å²) in [7, 11) is 3.15. The van der Waals surface area contributed by atoms with Crippen molar-refractivity contribution in [1.29, 1.82) is 0 Å². The van der Waals surface area contributed by atoms with Gasteiger partial charge in [-0.1, -0.05) is 15.9 Å². The minimum absolute atomic E-state index is 0.180. The Balaban J connectivity index is 1.35. The average molecular weight is 497 g/mol. The molecule has 3 rings (SSSR count). The normalized spacial score (nSPS) is 20.2. The number of hydrogen-bond acceptors (Lipinski definition) is 5. The van der Waals surface area contributed by atoms with Crippen LogP contribution in [0.1, 0.15) is 37.7 Å². The predicted molar refractivity (Wildman–Crippen MR) is 126 cm³/mol. The van der Waals surface area contributed by atoms with Crippen LogP contribution in [0, 0.1) is 11.8 Å². The van der Waals surface area contributed by atoms with Crippen LogP contribution in [0.15, 0.2) is 22.7 Å². The number of carbonyl (C=O) groups is 1. The number of halogens is 1.